The third-order valence-corrected chi connectivity index (χ3v) is 3.48. The third-order valence-electron chi connectivity index (χ3n) is 3.48. The Kier molecular flexibility index (Phi) is 18.5. The van der Waals surface area contributed by atoms with Crippen molar-refractivity contribution >= 4 is 30.3 Å². The van der Waals surface area contributed by atoms with Gasteiger partial charge >= 0.3 is 31.1 Å². The average molecular weight is 660 g/mol. The predicted molar refractivity (Wildman–Crippen MR) is 113 cm³/mol. The van der Waals surface area contributed by atoms with Gasteiger partial charge in [0.2, 0.25) is 23.9 Å². The first-order chi connectivity index (χ1) is 14.2. The van der Waals surface area contributed by atoms with Gasteiger partial charge in [-0.05, 0) is 12.3 Å². The fourth-order valence-corrected chi connectivity index (χ4v) is 1.96. The SMILES string of the molecule is C=NC([CH2-])=O.[CH2-]NC(=O)CNC(=O)[C@H](Cc1ccccc1)NC(=O)CNC([OH2+])CN.[U+2]. The summed E-state index contributed by atoms with van der Waals surface area (Å²) in [6.07, 6.45) is -0.487. The minimum atomic E-state index is -0.851. The first kappa shape index (κ1) is 31.0. The number of nitrogens with one attached hydrogen (secondary N) is 4. The van der Waals surface area contributed by atoms with Gasteiger partial charge < -0.3 is 38.5 Å². The van der Waals surface area contributed by atoms with Crippen molar-refractivity contribution in [1.82, 2.24) is 21.3 Å². The van der Waals surface area contributed by atoms with Crippen LogP contribution in [0.15, 0.2) is 35.3 Å². The number of nitrogens with zero attached hydrogens (tertiary/aromatic N) is 1. The molecule has 0 aliphatic rings. The Morgan fingerprint density at radius 3 is 2.19 bits per heavy atom. The molecule has 0 fully saturated rings. The number of aliphatic imine (C=N–C) groups is 1. The van der Waals surface area contributed by atoms with E-state index >= 15 is 0 Å². The zero-order valence-corrected chi connectivity index (χ0v) is 21.3. The number of hydrogen-bond donors (Lipinski definition) is 5. The van der Waals surface area contributed by atoms with Crippen LogP contribution in [0.4, 0.5) is 0 Å². The Balaban J connectivity index is 0. The summed E-state index contributed by atoms with van der Waals surface area (Å²) in [7, 11) is 3.22. The third kappa shape index (κ3) is 16.2. The molecule has 0 heterocycles. The van der Waals surface area contributed by atoms with Crippen LogP contribution in [0.3, 0.4) is 0 Å². The van der Waals surface area contributed by atoms with Crippen molar-refractivity contribution in [3.63, 3.8) is 0 Å². The van der Waals surface area contributed by atoms with Gasteiger partial charge in [-0.25, -0.2) is 5.32 Å². The number of nitrogens with two attached hydrogens (primary N) is 1. The topological polar surface area (TPSA) is 178 Å². The van der Waals surface area contributed by atoms with Gasteiger partial charge in [-0.1, -0.05) is 30.3 Å². The summed E-state index contributed by atoms with van der Waals surface area (Å²) in [4.78, 5) is 47.9. The second-order valence-corrected chi connectivity index (χ2v) is 5.85. The quantitative estimate of drug-likeness (QED) is 0.0796. The van der Waals surface area contributed by atoms with E-state index in [4.69, 9.17) is 10.8 Å². The second kappa shape index (κ2) is 18.5. The maximum atomic E-state index is 12.3. The Bertz CT molecular complexity index is 704. The normalized spacial score (nSPS) is 11.3. The van der Waals surface area contributed by atoms with Gasteiger partial charge in [0.15, 0.2) is 0 Å². The van der Waals surface area contributed by atoms with E-state index in [0.717, 1.165) is 5.56 Å². The molecule has 0 bridgehead atoms. The zero-order chi connectivity index (χ0) is 22.9. The minimum Gasteiger partial charge on any atom is -0.507 e. The van der Waals surface area contributed by atoms with Crippen LogP contribution in [0, 0.1) is 45.1 Å². The van der Waals surface area contributed by atoms with Crippen molar-refractivity contribution in [2.24, 2.45) is 10.7 Å². The van der Waals surface area contributed by atoms with Gasteiger partial charge in [0.25, 0.3) is 0 Å². The van der Waals surface area contributed by atoms with Crippen LogP contribution in [0.5, 0.6) is 0 Å². The predicted octanol–water partition coefficient (Wildman–Crippen LogP) is -2.62. The summed E-state index contributed by atoms with van der Waals surface area (Å²) < 4.78 is 0. The number of rotatable bonds is 10. The van der Waals surface area contributed by atoms with Crippen molar-refractivity contribution in [1.29, 1.82) is 0 Å². The van der Waals surface area contributed by atoms with Crippen molar-refractivity contribution < 1.29 is 55.4 Å². The van der Waals surface area contributed by atoms with Crippen molar-refractivity contribution in [3.8, 4) is 0 Å². The number of hydrogen-bond acceptors (Lipinski definition) is 6. The van der Waals surface area contributed by atoms with E-state index in [2.05, 4.69) is 46.9 Å². The molecule has 168 valence electrons. The number of benzene rings is 1. The van der Waals surface area contributed by atoms with Crippen LogP contribution in [0.2, 0.25) is 0 Å². The number of amides is 4. The van der Waals surface area contributed by atoms with E-state index in [0.29, 0.717) is 0 Å². The molecule has 0 aromatic heterocycles. The second-order valence-electron chi connectivity index (χ2n) is 5.85. The molecule has 2 atom stereocenters. The van der Waals surface area contributed by atoms with Crippen LogP contribution in [-0.2, 0) is 25.6 Å². The molecule has 0 saturated carbocycles. The first-order valence-electron chi connectivity index (χ1n) is 8.87. The molecular formula is C19H29N6O5U+. The van der Waals surface area contributed by atoms with Crippen molar-refractivity contribution in [2.75, 3.05) is 19.6 Å². The van der Waals surface area contributed by atoms with Gasteiger partial charge in [0.1, 0.15) is 11.9 Å². The van der Waals surface area contributed by atoms with E-state index in [1.54, 1.807) is 0 Å². The summed E-state index contributed by atoms with van der Waals surface area (Å²) >= 11 is 0. The van der Waals surface area contributed by atoms with Crippen molar-refractivity contribution in [3.05, 3.63) is 49.9 Å². The fourth-order valence-electron chi connectivity index (χ4n) is 1.96. The van der Waals surface area contributed by atoms with E-state index in [1.165, 1.54) is 0 Å². The molecule has 4 amide bonds. The molecule has 1 rings (SSSR count). The molecule has 1 aromatic carbocycles. The van der Waals surface area contributed by atoms with Gasteiger partial charge in [-0.15, -0.1) is 0 Å². The molecule has 0 aliphatic carbocycles. The van der Waals surface area contributed by atoms with Gasteiger partial charge in [-0.2, -0.15) is 0 Å². The molecule has 1 unspecified atom stereocenters. The molecule has 31 heavy (non-hydrogen) atoms. The Morgan fingerprint density at radius 2 is 1.71 bits per heavy atom. The maximum Gasteiger partial charge on any atom is 2.00 e. The molecule has 0 radical (unpaired) electrons. The van der Waals surface area contributed by atoms with Crippen molar-refractivity contribution in [2.45, 2.75) is 18.7 Å². The molecular weight excluding hydrogens is 630 g/mol. The zero-order valence-electron chi connectivity index (χ0n) is 17.1. The van der Waals surface area contributed by atoms with Crippen LogP contribution in [-0.4, -0.2) is 67.4 Å². The van der Waals surface area contributed by atoms with E-state index in [1.807, 2.05) is 30.3 Å². The van der Waals surface area contributed by atoms with E-state index in [-0.39, 0.29) is 57.2 Å². The average Bonchev–Trinajstić information content (AvgIpc) is 2.75. The molecule has 0 spiro atoms. The molecule has 11 nitrogen and oxygen atoms in total. The van der Waals surface area contributed by atoms with E-state index < -0.39 is 35.9 Å². The Labute approximate surface area is 205 Å². The summed E-state index contributed by atoms with van der Waals surface area (Å²) in [6, 6.07) is 8.33. The summed E-state index contributed by atoms with van der Waals surface area (Å²) in [5.74, 6) is -1.85. The molecule has 8 N–H and O–H groups in total. The Morgan fingerprint density at radius 1 is 1.13 bits per heavy atom. The smallest absolute Gasteiger partial charge is 0.507 e. The standard InChI is InChI=1S/C16H24N5O4.C3H4NO.U/c1-18-14(23)9-20-16(25)12(7-11-5-3-2-4-6-11)21-15(24)10-19-13(22)8-17;1-3(5)4-2;/h2-6,12-13,19,22H,1,7-10,17H2,(H,18,23)(H,20,25)(H,21,24);1-2H2;/q2*-1;+2/p+1/t12-,13?;;/m0../s1. The Hall–Kier alpha value is -2.23. The number of carbonyl (C=O) groups is 4. The minimum absolute atomic E-state index is 0. The van der Waals surface area contributed by atoms with E-state index in [9.17, 15) is 19.2 Å². The summed E-state index contributed by atoms with van der Waals surface area (Å²) in [5, 5.41) is 17.3. The monoisotopic (exact) mass is 659 g/mol. The molecule has 1 aromatic rings. The number of carbonyl (C=O) groups excluding carboxylic acids is 4. The van der Waals surface area contributed by atoms with Gasteiger partial charge in [-0.3, -0.25) is 26.4 Å². The van der Waals surface area contributed by atoms with Crippen LogP contribution < -0.4 is 27.0 Å². The fraction of sp³-hybridized carbons (Fsp3) is 0.316. The van der Waals surface area contributed by atoms with Crippen LogP contribution in [0.25, 0.3) is 0 Å². The summed E-state index contributed by atoms with van der Waals surface area (Å²) in [5.41, 5.74) is 6.16. The molecule has 0 saturated heterocycles. The van der Waals surface area contributed by atoms with Crippen LogP contribution >= 0.6 is 0 Å². The summed E-state index contributed by atoms with van der Waals surface area (Å²) in [6.45, 7) is 5.49. The van der Waals surface area contributed by atoms with Crippen LogP contribution in [0.1, 0.15) is 5.56 Å². The largest absolute Gasteiger partial charge is 2.00 e. The van der Waals surface area contributed by atoms with Gasteiger partial charge in [0, 0.05) is 6.42 Å². The maximum absolute atomic E-state index is 12.3. The first-order valence-corrected chi connectivity index (χ1v) is 8.87. The molecule has 12 heteroatoms. The van der Waals surface area contributed by atoms with Gasteiger partial charge in [0.05, 0.1) is 19.6 Å². The molecule has 0 aliphatic heterocycles.